The van der Waals surface area contributed by atoms with Crippen LogP contribution in [0.4, 0.5) is 0 Å². The summed E-state index contributed by atoms with van der Waals surface area (Å²) in [6.45, 7) is 0. The summed E-state index contributed by atoms with van der Waals surface area (Å²) < 4.78 is 0. The maximum absolute atomic E-state index is 12.1. The van der Waals surface area contributed by atoms with Crippen LogP contribution in [0.15, 0.2) is 42.9 Å². The van der Waals surface area contributed by atoms with Crippen molar-refractivity contribution in [1.29, 1.82) is 0 Å². The number of carbonyl (C=O) groups is 2. The van der Waals surface area contributed by atoms with Crippen molar-refractivity contribution in [1.82, 2.24) is 15.3 Å². The van der Waals surface area contributed by atoms with Gasteiger partial charge in [-0.1, -0.05) is 30.3 Å². The van der Waals surface area contributed by atoms with E-state index in [-0.39, 0.29) is 6.42 Å². The molecule has 0 aliphatic rings. The Morgan fingerprint density at radius 2 is 1.96 bits per heavy atom. The Labute approximate surface area is 138 Å². The Morgan fingerprint density at radius 3 is 2.54 bits per heavy atom. The SMILES string of the molecule is N[C@@H](Cc1ccccc1)[C@@H](O)C(=O)N[C@H](Cc1cnc[nH]1)C(=O)O. The second-order valence-corrected chi connectivity index (χ2v) is 5.48. The van der Waals surface area contributed by atoms with Gasteiger partial charge in [-0.15, -0.1) is 0 Å². The van der Waals surface area contributed by atoms with Gasteiger partial charge in [-0.25, -0.2) is 9.78 Å². The third-order valence-electron chi connectivity index (χ3n) is 3.58. The molecule has 8 heteroatoms. The zero-order valence-corrected chi connectivity index (χ0v) is 12.9. The second kappa shape index (κ2) is 8.23. The Balaban J connectivity index is 1.94. The predicted octanol–water partition coefficient (Wildman–Crippen LogP) is -0.547. The molecule has 0 bridgehead atoms. The third kappa shape index (κ3) is 4.90. The van der Waals surface area contributed by atoms with Gasteiger partial charge in [0.2, 0.25) is 0 Å². The highest BCUT2D eigenvalue weighted by Crippen LogP contribution is 2.06. The first-order chi connectivity index (χ1) is 11.5. The number of carbonyl (C=O) groups excluding carboxylic acids is 1. The van der Waals surface area contributed by atoms with Crippen LogP contribution in [-0.2, 0) is 22.4 Å². The third-order valence-corrected chi connectivity index (χ3v) is 3.58. The van der Waals surface area contributed by atoms with Crippen LogP contribution in [0, 0.1) is 0 Å². The van der Waals surface area contributed by atoms with E-state index in [4.69, 9.17) is 5.73 Å². The van der Waals surface area contributed by atoms with Gasteiger partial charge in [-0.05, 0) is 12.0 Å². The number of carboxylic acid groups (broad SMARTS) is 1. The number of aliphatic hydroxyl groups is 1. The van der Waals surface area contributed by atoms with Gasteiger partial charge >= 0.3 is 5.97 Å². The molecule has 0 aliphatic carbocycles. The molecule has 0 saturated carbocycles. The van der Waals surface area contributed by atoms with Crippen molar-refractivity contribution in [3.63, 3.8) is 0 Å². The minimum Gasteiger partial charge on any atom is -0.480 e. The maximum Gasteiger partial charge on any atom is 0.326 e. The number of nitrogens with two attached hydrogens (primary N) is 1. The molecular formula is C16H20N4O4. The number of aliphatic hydroxyl groups excluding tert-OH is 1. The first-order valence-electron chi connectivity index (χ1n) is 7.45. The number of nitrogens with one attached hydrogen (secondary N) is 2. The normalized spacial score (nSPS) is 14.6. The summed E-state index contributed by atoms with van der Waals surface area (Å²) in [7, 11) is 0. The molecule has 1 heterocycles. The molecule has 0 radical (unpaired) electrons. The van der Waals surface area contributed by atoms with Crippen LogP contribution in [0.5, 0.6) is 0 Å². The van der Waals surface area contributed by atoms with E-state index in [2.05, 4.69) is 15.3 Å². The van der Waals surface area contributed by atoms with Crippen molar-refractivity contribution in [2.45, 2.75) is 31.0 Å². The van der Waals surface area contributed by atoms with Crippen molar-refractivity contribution in [3.8, 4) is 0 Å². The summed E-state index contributed by atoms with van der Waals surface area (Å²) in [5, 5.41) is 21.6. The molecule has 2 aromatic rings. The first-order valence-corrected chi connectivity index (χ1v) is 7.45. The van der Waals surface area contributed by atoms with Crippen LogP contribution in [0.2, 0.25) is 0 Å². The van der Waals surface area contributed by atoms with E-state index >= 15 is 0 Å². The molecule has 1 aromatic heterocycles. The Bertz CT molecular complexity index is 660. The number of hydrogen-bond acceptors (Lipinski definition) is 5. The van der Waals surface area contributed by atoms with Crippen molar-refractivity contribution in [3.05, 3.63) is 54.1 Å². The van der Waals surface area contributed by atoms with E-state index in [0.717, 1.165) is 5.56 Å². The highest BCUT2D eigenvalue weighted by atomic mass is 16.4. The van der Waals surface area contributed by atoms with Gasteiger partial charge in [0.25, 0.3) is 5.91 Å². The number of carboxylic acids is 1. The van der Waals surface area contributed by atoms with Crippen LogP contribution >= 0.6 is 0 Å². The topological polar surface area (TPSA) is 141 Å². The monoisotopic (exact) mass is 332 g/mol. The quantitative estimate of drug-likeness (QED) is 0.439. The molecule has 2 rings (SSSR count). The van der Waals surface area contributed by atoms with Crippen LogP contribution < -0.4 is 11.1 Å². The van der Waals surface area contributed by atoms with Crippen LogP contribution in [0.1, 0.15) is 11.3 Å². The summed E-state index contributed by atoms with van der Waals surface area (Å²) in [6, 6.07) is 7.17. The standard InChI is InChI=1S/C16H20N4O4/c17-12(6-10-4-2-1-3-5-10)14(21)15(22)20-13(16(23)24)7-11-8-18-9-19-11/h1-5,8-9,12-14,21H,6-7,17H2,(H,18,19)(H,20,22)(H,23,24)/t12-,13+,14+/m0/s1. The molecule has 128 valence electrons. The van der Waals surface area contributed by atoms with Crippen LogP contribution in [0.25, 0.3) is 0 Å². The summed E-state index contributed by atoms with van der Waals surface area (Å²) in [5.41, 5.74) is 7.30. The highest BCUT2D eigenvalue weighted by molar-refractivity contribution is 5.86. The molecule has 24 heavy (non-hydrogen) atoms. The highest BCUT2D eigenvalue weighted by Gasteiger charge is 2.28. The van der Waals surface area contributed by atoms with E-state index in [1.165, 1.54) is 12.5 Å². The first kappa shape index (κ1) is 17.6. The average molecular weight is 332 g/mol. The number of nitrogens with zero attached hydrogens (tertiary/aromatic N) is 1. The lowest BCUT2D eigenvalue weighted by molar-refractivity contribution is -0.143. The zero-order chi connectivity index (χ0) is 17.5. The largest absolute Gasteiger partial charge is 0.480 e. The fourth-order valence-corrected chi connectivity index (χ4v) is 2.27. The number of hydrogen-bond donors (Lipinski definition) is 5. The Hall–Kier alpha value is -2.71. The fourth-order valence-electron chi connectivity index (χ4n) is 2.27. The van der Waals surface area contributed by atoms with E-state index in [9.17, 15) is 19.8 Å². The average Bonchev–Trinajstić information content (AvgIpc) is 3.07. The second-order valence-electron chi connectivity index (χ2n) is 5.48. The summed E-state index contributed by atoms with van der Waals surface area (Å²) in [4.78, 5) is 29.9. The Kier molecular flexibility index (Phi) is 6.05. The number of aromatic amines is 1. The van der Waals surface area contributed by atoms with Gasteiger partial charge in [0.1, 0.15) is 12.1 Å². The smallest absolute Gasteiger partial charge is 0.326 e. The molecule has 8 nitrogen and oxygen atoms in total. The van der Waals surface area contributed by atoms with E-state index in [1.807, 2.05) is 30.3 Å². The molecule has 1 aromatic carbocycles. The number of aromatic nitrogens is 2. The van der Waals surface area contributed by atoms with Gasteiger partial charge in [-0.2, -0.15) is 0 Å². The maximum atomic E-state index is 12.1. The number of imidazole rings is 1. The van der Waals surface area contributed by atoms with Gasteiger partial charge < -0.3 is 26.2 Å². The minimum absolute atomic E-state index is 0.0295. The molecule has 6 N–H and O–H groups in total. The number of benzene rings is 1. The minimum atomic E-state index is -1.51. The van der Waals surface area contributed by atoms with Crippen LogP contribution in [-0.4, -0.2) is 50.2 Å². The lowest BCUT2D eigenvalue weighted by Gasteiger charge is -2.21. The fraction of sp³-hybridized carbons (Fsp3) is 0.312. The molecule has 0 unspecified atom stereocenters. The summed E-state index contributed by atoms with van der Waals surface area (Å²) >= 11 is 0. The number of aliphatic carboxylic acids is 1. The number of amides is 1. The van der Waals surface area contributed by atoms with Crippen molar-refractivity contribution in [2.24, 2.45) is 5.73 Å². The van der Waals surface area contributed by atoms with E-state index in [1.54, 1.807) is 0 Å². The molecule has 1 amide bonds. The molecule has 3 atom stereocenters. The molecular weight excluding hydrogens is 312 g/mol. The van der Waals surface area contributed by atoms with E-state index in [0.29, 0.717) is 12.1 Å². The van der Waals surface area contributed by atoms with Gasteiger partial charge in [0.15, 0.2) is 0 Å². The van der Waals surface area contributed by atoms with Gasteiger partial charge in [0.05, 0.1) is 6.33 Å². The number of H-pyrrole nitrogens is 1. The molecule has 0 aliphatic heterocycles. The van der Waals surface area contributed by atoms with Gasteiger partial charge in [0, 0.05) is 24.4 Å². The zero-order valence-electron chi connectivity index (χ0n) is 12.9. The van der Waals surface area contributed by atoms with Crippen LogP contribution in [0.3, 0.4) is 0 Å². The lowest BCUT2D eigenvalue weighted by atomic mass is 10.0. The number of rotatable bonds is 8. The summed E-state index contributed by atoms with van der Waals surface area (Å²) in [5.74, 6) is -2.02. The molecule has 0 spiro atoms. The summed E-state index contributed by atoms with van der Waals surface area (Å²) in [6.07, 6.45) is 1.71. The predicted molar refractivity (Wildman–Crippen MR) is 86.0 cm³/mol. The Morgan fingerprint density at radius 1 is 1.25 bits per heavy atom. The van der Waals surface area contributed by atoms with E-state index < -0.39 is 30.1 Å². The van der Waals surface area contributed by atoms with Crippen molar-refractivity contribution >= 4 is 11.9 Å². The van der Waals surface area contributed by atoms with Crippen molar-refractivity contribution in [2.75, 3.05) is 0 Å². The van der Waals surface area contributed by atoms with Crippen molar-refractivity contribution < 1.29 is 19.8 Å². The lowest BCUT2D eigenvalue weighted by Crippen LogP contribution is -2.52. The van der Waals surface area contributed by atoms with Gasteiger partial charge in [-0.3, -0.25) is 4.79 Å². The molecule has 0 saturated heterocycles. The molecule has 0 fully saturated rings.